The van der Waals surface area contributed by atoms with Gasteiger partial charge in [0.15, 0.2) is 5.78 Å². The summed E-state index contributed by atoms with van der Waals surface area (Å²) in [5.41, 5.74) is 0.298. The highest BCUT2D eigenvalue weighted by Gasteiger charge is 2.44. The number of ketones is 1. The molecule has 0 saturated heterocycles. The molecule has 2 aromatic rings. The zero-order valence-corrected chi connectivity index (χ0v) is 17.1. The van der Waals surface area contributed by atoms with Crippen molar-refractivity contribution in [1.82, 2.24) is 0 Å². The first kappa shape index (κ1) is 21.3. The maximum Gasteiger partial charge on any atom is 0.416 e. The second-order valence-corrected chi connectivity index (χ2v) is 8.89. The van der Waals surface area contributed by atoms with E-state index >= 15 is 0 Å². The lowest BCUT2D eigenvalue weighted by molar-refractivity contribution is -0.137. The molecule has 0 saturated carbocycles. The summed E-state index contributed by atoms with van der Waals surface area (Å²) >= 11 is 0. The summed E-state index contributed by atoms with van der Waals surface area (Å²) in [4.78, 5) is 27.6. The van der Waals surface area contributed by atoms with E-state index in [0.29, 0.717) is 23.3 Å². The molecule has 1 heterocycles. The molecule has 1 atom stereocenters. The molecule has 0 bridgehead atoms. The quantitative estimate of drug-likeness (QED) is 0.547. The van der Waals surface area contributed by atoms with E-state index in [9.17, 15) is 27.2 Å². The lowest BCUT2D eigenvalue weighted by Crippen LogP contribution is -2.43. The molecule has 162 valence electrons. The molecule has 0 fully saturated rings. The van der Waals surface area contributed by atoms with Gasteiger partial charge in [-0.25, -0.2) is 4.39 Å². The van der Waals surface area contributed by atoms with E-state index in [-0.39, 0.29) is 24.3 Å². The third kappa shape index (κ3) is 4.01. The first-order chi connectivity index (χ1) is 14.5. The Bertz CT molecular complexity index is 1080. The summed E-state index contributed by atoms with van der Waals surface area (Å²) in [6.45, 7) is 3.79. The van der Waals surface area contributed by atoms with Gasteiger partial charge >= 0.3 is 6.18 Å². The average Bonchev–Trinajstić information content (AvgIpc) is 2.66. The van der Waals surface area contributed by atoms with Crippen molar-refractivity contribution < 1.29 is 27.2 Å². The number of allylic oxidation sites excluding steroid dienone is 2. The molecule has 0 aromatic heterocycles. The number of rotatable bonds is 2. The van der Waals surface area contributed by atoms with Crippen molar-refractivity contribution in [3.8, 4) is 0 Å². The van der Waals surface area contributed by atoms with Gasteiger partial charge in [-0.15, -0.1) is 0 Å². The van der Waals surface area contributed by atoms with Gasteiger partial charge in [-0.1, -0.05) is 32.0 Å². The van der Waals surface area contributed by atoms with E-state index in [1.807, 2.05) is 13.8 Å². The Morgan fingerprint density at radius 3 is 2.32 bits per heavy atom. The van der Waals surface area contributed by atoms with Crippen molar-refractivity contribution in [3.05, 3.63) is 76.7 Å². The second kappa shape index (κ2) is 7.32. The van der Waals surface area contributed by atoms with Crippen molar-refractivity contribution in [1.29, 1.82) is 0 Å². The van der Waals surface area contributed by atoms with Gasteiger partial charge < -0.3 is 0 Å². The number of carbonyl (C=O) groups is 2. The fourth-order valence-corrected chi connectivity index (χ4v) is 4.52. The molecular weight excluding hydrogens is 410 g/mol. The van der Waals surface area contributed by atoms with Crippen LogP contribution in [0.3, 0.4) is 0 Å². The van der Waals surface area contributed by atoms with Crippen LogP contribution in [0.5, 0.6) is 0 Å². The van der Waals surface area contributed by atoms with Crippen LogP contribution < -0.4 is 4.90 Å². The Kier molecular flexibility index (Phi) is 5.03. The molecule has 3 nitrogen and oxygen atoms in total. The van der Waals surface area contributed by atoms with E-state index in [1.54, 1.807) is 12.1 Å². The molecule has 4 rings (SSSR count). The number of carbonyl (C=O) groups excluding carboxylic acids is 2. The predicted molar refractivity (Wildman–Crippen MR) is 108 cm³/mol. The van der Waals surface area contributed by atoms with Gasteiger partial charge in [-0.3, -0.25) is 14.5 Å². The van der Waals surface area contributed by atoms with Gasteiger partial charge in [0.2, 0.25) is 5.91 Å². The van der Waals surface area contributed by atoms with Gasteiger partial charge in [0.05, 0.1) is 5.56 Å². The standard InChI is InChI=1S/C24H21F4NO2/c1-23(2)12-19-22(20(30)13-23)18(14-6-8-16(25)9-7-14)11-21(31)29(19)17-5-3-4-15(10-17)24(26,27)28/h3-10,18H,11-13H2,1-2H3. The van der Waals surface area contributed by atoms with Crippen LogP contribution in [-0.4, -0.2) is 11.7 Å². The van der Waals surface area contributed by atoms with Crippen LogP contribution in [0.2, 0.25) is 0 Å². The normalized spacial score (nSPS) is 21.4. The highest BCUT2D eigenvalue weighted by atomic mass is 19.4. The summed E-state index contributed by atoms with van der Waals surface area (Å²) in [7, 11) is 0. The van der Waals surface area contributed by atoms with Crippen molar-refractivity contribution in [3.63, 3.8) is 0 Å². The second-order valence-electron chi connectivity index (χ2n) is 8.89. The van der Waals surface area contributed by atoms with Gasteiger partial charge in [-0.05, 0) is 47.7 Å². The molecule has 0 spiro atoms. The lowest BCUT2D eigenvalue weighted by Gasteiger charge is -2.43. The van der Waals surface area contributed by atoms with Gasteiger partial charge in [-0.2, -0.15) is 13.2 Å². The Morgan fingerprint density at radius 2 is 1.68 bits per heavy atom. The Morgan fingerprint density at radius 1 is 1.00 bits per heavy atom. The number of hydrogen-bond acceptors (Lipinski definition) is 2. The number of hydrogen-bond donors (Lipinski definition) is 0. The van der Waals surface area contributed by atoms with Gasteiger partial charge in [0.25, 0.3) is 0 Å². The molecule has 0 N–H and O–H groups in total. The van der Waals surface area contributed by atoms with Crippen LogP contribution in [0.4, 0.5) is 23.2 Å². The molecule has 7 heteroatoms. The van der Waals surface area contributed by atoms with Crippen LogP contribution in [0, 0.1) is 11.2 Å². The fraction of sp³-hybridized carbons (Fsp3) is 0.333. The van der Waals surface area contributed by atoms with Crippen molar-refractivity contribution in [2.24, 2.45) is 5.41 Å². The van der Waals surface area contributed by atoms with Crippen molar-refractivity contribution in [2.45, 2.75) is 45.2 Å². The van der Waals surface area contributed by atoms with Crippen LogP contribution in [-0.2, 0) is 15.8 Å². The number of halogens is 4. The largest absolute Gasteiger partial charge is 0.416 e. The summed E-state index contributed by atoms with van der Waals surface area (Å²) in [5, 5.41) is 0. The third-order valence-corrected chi connectivity index (χ3v) is 5.85. The third-order valence-electron chi connectivity index (χ3n) is 5.85. The molecule has 0 radical (unpaired) electrons. The predicted octanol–water partition coefficient (Wildman–Crippen LogP) is 6.01. The van der Waals surface area contributed by atoms with Crippen LogP contribution in [0.15, 0.2) is 59.8 Å². The minimum absolute atomic E-state index is 0.0765. The highest BCUT2D eigenvalue weighted by Crippen LogP contribution is 2.48. The SMILES string of the molecule is CC1(C)CC(=O)C2=C(C1)N(c1cccc(C(F)(F)F)c1)C(=O)CC2c1ccc(F)cc1. The van der Waals surface area contributed by atoms with Crippen LogP contribution in [0.1, 0.15) is 50.2 Å². The maximum atomic E-state index is 13.4. The smallest absolute Gasteiger partial charge is 0.294 e. The molecule has 2 aromatic carbocycles. The van der Waals surface area contributed by atoms with E-state index in [2.05, 4.69) is 0 Å². The number of amides is 1. The minimum Gasteiger partial charge on any atom is -0.294 e. The molecule has 1 aliphatic heterocycles. The summed E-state index contributed by atoms with van der Waals surface area (Å²) in [5.74, 6) is -1.50. The maximum absolute atomic E-state index is 13.4. The van der Waals surface area contributed by atoms with Gasteiger partial charge in [0, 0.05) is 35.7 Å². The molecule has 2 aliphatic rings. The molecule has 1 aliphatic carbocycles. The molecule has 31 heavy (non-hydrogen) atoms. The first-order valence-corrected chi connectivity index (χ1v) is 9.98. The van der Waals surface area contributed by atoms with E-state index in [1.165, 1.54) is 29.2 Å². The highest BCUT2D eigenvalue weighted by molar-refractivity contribution is 6.07. The number of nitrogens with zero attached hydrogens (tertiary/aromatic N) is 1. The molecular formula is C24H21F4NO2. The first-order valence-electron chi connectivity index (χ1n) is 9.98. The zero-order chi connectivity index (χ0) is 22.6. The van der Waals surface area contributed by atoms with Crippen molar-refractivity contribution in [2.75, 3.05) is 4.90 Å². The summed E-state index contributed by atoms with van der Waals surface area (Å²) in [6.07, 6.45) is -3.99. The fourth-order valence-electron chi connectivity index (χ4n) is 4.52. The van der Waals surface area contributed by atoms with E-state index in [4.69, 9.17) is 0 Å². The number of Topliss-reactive ketones (excluding diaryl/α,β-unsaturated/α-hetero) is 1. The number of benzene rings is 2. The average molecular weight is 431 g/mol. The van der Waals surface area contributed by atoms with Crippen LogP contribution in [0.25, 0.3) is 0 Å². The molecule has 1 unspecified atom stereocenters. The van der Waals surface area contributed by atoms with Crippen LogP contribution >= 0.6 is 0 Å². The summed E-state index contributed by atoms with van der Waals surface area (Å²) in [6, 6.07) is 10.2. The zero-order valence-electron chi connectivity index (χ0n) is 17.1. The monoisotopic (exact) mass is 431 g/mol. The van der Waals surface area contributed by atoms with Gasteiger partial charge in [0.1, 0.15) is 5.82 Å². The summed E-state index contributed by atoms with van der Waals surface area (Å²) < 4.78 is 53.2. The molecule has 1 amide bonds. The Balaban J connectivity index is 1.88. The van der Waals surface area contributed by atoms with E-state index < -0.39 is 34.8 Å². The Labute approximate surface area is 177 Å². The van der Waals surface area contributed by atoms with E-state index in [0.717, 1.165) is 12.1 Å². The Hall–Kier alpha value is -2.96. The number of anilines is 1. The minimum atomic E-state index is -4.55. The lowest BCUT2D eigenvalue weighted by atomic mass is 9.69. The van der Waals surface area contributed by atoms with Crippen molar-refractivity contribution >= 4 is 17.4 Å². The topological polar surface area (TPSA) is 37.4 Å². The number of alkyl halides is 3.